The molecule has 130 valence electrons. The van der Waals surface area contributed by atoms with Gasteiger partial charge >= 0.3 is 0 Å². The van der Waals surface area contributed by atoms with E-state index in [1.165, 1.54) is 21.8 Å². The molecular weight excluding hydrogens is 362 g/mol. The molecule has 0 aliphatic rings. The number of anilines is 2. The highest BCUT2D eigenvalue weighted by atomic mass is 35.5. The van der Waals surface area contributed by atoms with Crippen molar-refractivity contribution >= 4 is 62.1 Å². The number of thiocarbonyl (C=S) groups is 1. The van der Waals surface area contributed by atoms with Gasteiger partial charge in [0.05, 0.1) is 0 Å². The highest BCUT2D eigenvalue weighted by Gasteiger charge is 2.10. The minimum absolute atomic E-state index is 0.533. The lowest BCUT2D eigenvalue weighted by Crippen LogP contribution is -2.18. The molecule has 0 atom stereocenters. The first-order chi connectivity index (χ1) is 12.7. The Hall–Kier alpha value is -2.56. The van der Waals surface area contributed by atoms with E-state index < -0.39 is 0 Å². The van der Waals surface area contributed by atoms with E-state index in [2.05, 4.69) is 64.6 Å². The molecule has 0 aliphatic carbocycles. The van der Waals surface area contributed by atoms with E-state index in [1.807, 2.05) is 24.3 Å². The Kier molecular flexibility index (Phi) is 4.53. The van der Waals surface area contributed by atoms with Crippen LogP contribution in [-0.2, 0) is 6.54 Å². The zero-order valence-electron chi connectivity index (χ0n) is 14.3. The molecule has 0 radical (unpaired) electrons. The molecule has 1 aromatic heterocycles. The first kappa shape index (κ1) is 16.9. The summed E-state index contributed by atoms with van der Waals surface area (Å²) in [5, 5.41) is 10.1. The summed E-state index contributed by atoms with van der Waals surface area (Å²) in [7, 11) is 0. The number of nitrogens with zero attached hydrogens (tertiary/aromatic N) is 1. The van der Waals surface area contributed by atoms with Crippen LogP contribution in [0.2, 0.25) is 5.02 Å². The zero-order chi connectivity index (χ0) is 18.1. The van der Waals surface area contributed by atoms with Gasteiger partial charge in [-0.1, -0.05) is 35.9 Å². The van der Waals surface area contributed by atoms with Gasteiger partial charge in [0.25, 0.3) is 0 Å². The molecular formula is C21H18ClN3S. The average Bonchev–Trinajstić information content (AvgIpc) is 2.95. The van der Waals surface area contributed by atoms with Crippen LogP contribution in [0.4, 0.5) is 11.4 Å². The molecule has 2 N–H and O–H groups in total. The van der Waals surface area contributed by atoms with Crippen LogP contribution in [0.15, 0.2) is 66.7 Å². The monoisotopic (exact) mass is 379 g/mol. The van der Waals surface area contributed by atoms with Crippen LogP contribution < -0.4 is 10.6 Å². The molecule has 3 nitrogen and oxygen atoms in total. The van der Waals surface area contributed by atoms with E-state index in [0.29, 0.717) is 10.1 Å². The molecule has 0 fully saturated rings. The number of halogens is 1. The maximum absolute atomic E-state index is 6.02. The van der Waals surface area contributed by atoms with Crippen LogP contribution in [0.25, 0.3) is 21.8 Å². The quantitative estimate of drug-likeness (QED) is 0.410. The van der Waals surface area contributed by atoms with Crippen LogP contribution in [0.5, 0.6) is 0 Å². The van der Waals surface area contributed by atoms with E-state index >= 15 is 0 Å². The molecule has 26 heavy (non-hydrogen) atoms. The normalized spacial score (nSPS) is 11.0. The summed E-state index contributed by atoms with van der Waals surface area (Å²) in [6, 6.07) is 22.3. The number of fused-ring (bicyclic) bond motifs is 3. The number of para-hydroxylation sites is 1. The highest BCUT2D eigenvalue weighted by Crippen LogP contribution is 2.31. The smallest absolute Gasteiger partial charge is 0.175 e. The van der Waals surface area contributed by atoms with Crippen molar-refractivity contribution in [1.29, 1.82) is 0 Å². The predicted octanol–water partition coefficient (Wildman–Crippen LogP) is 6.28. The van der Waals surface area contributed by atoms with E-state index in [0.717, 1.165) is 17.9 Å². The molecule has 0 unspecified atom stereocenters. The number of aryl methyl sites for hydroxylation is 1. The average molecular weight is 380 g/mol. The summed E-state index contributed by atoms with van der Waals surface area (Å²) < 4.78 is 2.33. The van der Waals surface area contributed by atoms with Gasteiger partial charge in [0.15, 0.2) is 5.11 Å². The fourth-order valence-corrected chi connectivity index (χ4v) is 3.76. The molecule has 4 rings (SSSR count). The summed E-state index contributed by atoms with van der Waals surface area (Å²) in [6.07, 6.45) is 0. The summed E-state index contributed by atoms with van der Waals surface area (Å²) in [5.74, 6) is 0. The third-order valence-corrected chi connectivity index (χ3v) is 4.87. The Bertz CT molecular complexity index is 1120. The Balaban J connectivity index is 1.65. The van der Waals surface area contributed by atoms with Gasteiger partial charge in [0.1, 0.15) is 0 Å². The first-order valence-corrected chi connectivity index (χ1v) is 9.29. The molecule has 0 bridgehead atoms. The maximum Gasteiger partial charge on any atom is 0.175 e. The van der Waals surface area contributed by atoms with Gasteiger partial charge in [-0.3, -0.25) is 0 Å². The van der Waals surface area contributed by atoms with Gasteiger partial charge in [-0.25, -0.2) is 0 Å². The van der Waals surface area contributed by atoms with Crippen LogP contribution in [-0.4, -0.2) is 9.68 Å². The minimum atomic E-state index is 0.533. The lowest BCUT2D eigenvalue weighted by atomic mass is 10.1. The van der Waals surface area contributed by atoms with Crippen molar-refractivity contribution in [3.8, 4) is 0 Å². The highest BCUT2D eigenvalue weighted by molar-refractivity contribution is 7.80. The standard InChI is InChI=1S/C21H18ClN3S/c1-2-25-19-9-4-3-8-17(19)18-13-16(10-11-20(18)25)24-21(26)23-15-7-5-6-14(22)12-15/h3-13H,2H2,1H3,(H2,23,24,26). The van der Waals surface area contributed by atoms with Crippen LogP contribution in [0, 0.1) is 0 Å². The van der Waals surface area contributed by atoms with E-state index in [-0.39, 0.29) is 0 Å². The molecule has 3 aromatic carbocycles. The maximum atomic E-state index is 6.02. The molecule has 0 amide bonds. The van der Waals surface area contributed by atoms with Crippen molar-refractivity contribution in [2.24, 2.45) is 0 Å². The summed E-state index contributed by atoms with van der Waals surface area (Å²) in [6.45, 7) is 3.10. The van der Waals surface area contributed by atoms with Crippen molar-refractivity contribution in [3.63, 3.8) is 0 Å². The fraction of sp³-hybridized carbons (Fsp3) is 0.0952. The van der Waals surface area contributed by atoms with Gasteiger partial charge < -0.3 is 15.2 Å². The predicted molar refractivity (Wildman–Crippen MR) is 116 cm³/mol. The van der Waals surface area contributed by atoms with E-state index in [4.69, 9.17) is 23.8 Å². The summed E-state index contributed by atoms with van der Waals surface area (Å²) in [5.41, 5.74) is 4.30. The fourth-order valence-electron chi connectivity index (χ4n) is 3.33. The molecule has 0 saturated carbocycles. The number of hydrogen-bond donors (Lipinski definition) is 2. The Morgan fingerprint density at radius 3 is 2.38 bits per heavy atom. The van der Waals surface area contributed by atoms with Gasteiger partial charge in [-0.15, -0.1) is 0 Å². The second-order valence-corrected chi connectivity index (χ2v) is 6.93. The van der Waals surface area contributed by atoms with Crippen molar-refractivity contribution < 1.29 is 0 Å². The van der Waals surface area contributed by atoms with E-state index in [1.54, 1.807) is 0 Å². The summed E-state index contributed by atoms with van der Waals surface area (Å²) >= 11 is 11.5. The topological polar surface area (TPSA) is 29.0 Å². The van der Waals surface area contributed by atoms with Crippen molar-refractivity contribution in [2.45, 2.75) is 13.5 Å². The minimum Gasteiger partial charge on any atom is -0.341 e. The van der Waals surface area contributed by atoms with Gasteiger partial charge in [-0.2, -0.15) is 0 Å². The molecule has 0 spiro atoms. The van der Waals surface area contributed by atoms with E-state index in [9.17, 15) is 0 Å². The third-order valence-electron chi connectivity index (χ3n) is 4.43. The van der Waals surface area contributed by atoms with Crippen LogP contribution in [0.3, 0.4) is 0 Å². The summed E-state index contributed by atoms with van der Waals surface area (Å²) in [4.78, 5) is 0. The van der Waals surface area contributed by atoms with Gasteiger partial charge in [-0.05, 0) is 61.6 Å². The molecule has 1 heterocycles. The van der Waals surface area contributed by atoms with Crippen molar-refractivity contribution in [2.75, 3.05) is 10.6 Å². The van der Waals surface area contributed by atoms with Crippen LogP contribution >= 0.6 is 23.8 Å². The number of hydrogen-bond acceptors (Lipinski definition) is 1. The largest absolute Gasteiger partial charge is 0.341 e. The number of nitrogens with one attached hydrogen (secondary N) is 2. The van der Waals surface area contributed by atoms with Crippen molar-refractivity contribution in [3.05, 3.63) is 71.8 Å². The van der Waals surface area contributed by atoms with Gasteiger partial charge in [0, 0.05) is 44.7 Å². The molecule has 4 aromatic rings. The Morgan fingerprint density at radius 1 is 0.885 bits per heavy atom. The lowest BCUT2D eigenvalue weighted by molar-refractivity contribution is 0.827. The third kappa shape index (κ3) is 3.14. The Morgan fingerprint density at radius 2 is 1.62 bits per heavy atom. The number of aromatic nitrogens is 1. The molecule has 0 saturated heterocycles. The van der Waals surface area contributed by atoms with Gasteiger partial charge in [0.2, 0.25) is 0 Å². The SMILES string of the molecule is CCn1c2ccccc2c2cc(NC(=S)Nc3cccc(Cl)c3)ccc21. The number of rotatable bonds is 3. The van der Waals surface area contributed by atoms with Crippen LogP contribution in [0.1, 0.15) is 6.92 Å². The number of benzene rings is 3. The first-order valence-electron chi connectivity index (χ1n) is 8.50. The Labute approximate surface area is 162 Å². The van der Waals surface area contributed by atoms with Crippen molar-refractivity contribution in [1.82, 2.24) is 4.57 Å². The second-order valence-electron chi connectivity index (χ2n) is 6.08. The second kappa shape index (κ2) is 6.98. The lowest BCUT2D eigenvalue weighted by Gasteiger charge is -2.11. The molecule has 5 heteroatoms. The molecule has 0 aliphatic heterocycles. The zero-order valence-corrected chi connectivity index (χ0v) is 15.9.